The van der Waals surface area contributed by atoms with Crippen molar-refractivity contribution >= 4 is 11.5 Å². The smallest absolute Gasteiger partial charge is 0.156 e. The average molecular weight is 448 g/mol. The van der Waals surface area contributed by atoms with Gasteiger partial charge in [0.1, 0.15) is 0 Å². The Morgan fingerprint density at radius 1 is 1.12 bits per heavy atom. The van der Waals surface area contributed by atoms with Gasteiger partial charge in [0.25, 0.3) is 0 Å². The first-order valence-electron chi connectivity index (χ1n) is 12.5. The van der Waals surface area contributed by atoms with E-state index in [4.69, 9.17) is 0 Å². The van der Waals surface area contributed by atoms with Crippen LogP contribution < -0.4 is 4.90 Å². The molecule has 0 amide bonds. The van der Waals surface area contributed by atoms with Gasteiger partial charge in [0.05, 0.1) is 12.2 Å². The Morgan fingerprint density at radius 2 is 1.88 bits per heavy atom. The number of aliphatic hydroxyl groups excluding tert-OH is 1. The van der Waals surface area contributed by atoms with Gasteiger partial charge in [-0.25, -0.2) is 0 Å². The number of anilines is 1. The van der Waals surface area contributed by atoms with E-state index in [0.717, 1.165) is 38.5 Å². The summed E-state index contributed by atoms with van der Waals surface area (Å²) in [5.41, 5.74) is 5.62. The van der Waals surface area contributed by atoms with Crippen LogP contribution in [-0.4, -0.2) is 42.3 Å². The van der Waals surface area contributed by atoms with E-state index in [-0.39, 0.29) is 23.7 Å². The summed E-state index contributed by atoms with van der Waals surface area (Å²) in [6.45, 7) is 2.24. The molecular weight excluding hydrogens is 410 g/mol. The van der Waals surface area contributed by atoms with Crippen LogP contribution in [0.5, 0.6) is 0 Å². The standard InChI is InChI=1S/C29H37NO3/c1-28-18-25(19-5-8-21(9-6-19)30(2)3)27-23-12-10-22(32)17-20(23)7-11-24(27)26(28)13-15-29(28,33)14-4-16-31/h4-6,8-9,14,17,24-26,31,33H,7,10-13,15-16,18H2,1-3H3/b14-4-/t24?,25-,26?,28?,29+/m1/s1. The number of fused-ring (bicyclic) bond motifs is 4. The van der Waals surface area contributed by atoms with Crippen LogP contribution >= 0.6 is 0 Å². The number of allylic oxidation sites excluding steroid dienone is 4. The van der Waals surface area contributed by atoms with Gasteiger partial charge in [-0.3, -0.25) is 4.79 Å². The van der Waals surface area contributed by atoms with Crippen molar-refractivity contribution in [3.63, 3.8) is 0 Å². The van der Waals surface area contributed by atoms with E-state index in [1.807, 2.05) is 12.2 Å². The maximum atomic E-state index is 12.2. The summed E-state index contributed by atoms with van der Waals surface area (Å²) in [6, 6.07) is 8.91. The lowest BCUT2D eigenvalue weighted by atomic mass is 9.51. The molecular formula is C29H37NO3. The highest BCUT2D eigenvalue weighted by atomic mass is 16.3. The topological polar surface area (TPSA) is 60.8 Å². The molecule has 0 aromatic heterocycles. The molecule has 4 nitrogen and oxygen atoms in total. The number of aliphatic hydroxyl groups is 2. The van der Waals surface area contributed by atoms with E-state index in [1.165, 1.54) is 22.4 Å². The zero-order valence-electron chi connectivity index (χ0n) is 20.2. The first kappa shape index (κ1) is 22.6. The zero-order valence-corrected chi connectivity index (χ0v) is 20.2. The van der Waals surface area contributed by atoms with Gasteiger partial charge >= 0.3 is 0 Å². The van der Waals surface area contributed by atoms with Crippen molar-refractivity contribution in [3.05, 3.63) is 64.8 Å². The van der Waals surface area contributed by atoms with Gasteiger partial charge in [0.2, 0.25) is 0 Å². The number of benzene rings is 1. The number of ketones is 1. The Labute approximate surface area is 197 Å². The maximum Gasteiger partial charge on any atom is 0.156 e. The zero-order chi connectivity index (χ0) is 23.4. The van der Waals surface area contributed by atoms with Crippen LogP contribution in [-0.2, 0) is 4.79 Å². The van der Waals surface area contributed by atoms with Crippen LogP contribution in [0, 0.1) is 17.3 Å². The molecule has 0 radical (unpaired) electrons. The average Bonchev–Trinajstić information content (AvgIpc) is 3.07. The monoisotopic (exact) mass is 447 g/mol. The van der Waals surface area contributed by atoms with Crippen molar-refractivity contribution in [2.24, 2.45) is 17.3 Å². The number of carbonyl (C=O) groups excluding carboxylic acids is 1. The largest absolute Gasteiger partial charge is 0.392 e. The molecule has 2 N–H and O–H groups in total. The third-order valence-electron chi connectivity index (χ3n) is 9.26. The molecule has 1 aromatic rings. The molecule has 5 atom stereocenters. The maximum absolute atomic E-state index is 12.2. The lowest BCUT2D eigenvalue weighted by Crippen LogP contribution is -2.50. The Morgan fingerprint density at radius 3 is 2.58 bits per heavy atom. The number of rotatable bonds is 4. The Bertz CT molecular complexity index is 1030. The minimum atomic E-state index is -0.892. The fraction of sp³-hybridized carbons (Fsp3) is 0.552. The van der Waals surface area contributed by atoms with Crippen LogP contribution in [0.2, 0.25) is 0 Å². The predicted octanol–water partition coefficient (Wildman–Crippen LogP) is 4.93. The molecule has 0 aliphatic heterocycles. The highest BCUT2D eigenvalue weighted by Gasteiger charge is 2.61. The third-order valence-corrected chi connectivity index (χ3v) is 9.26. The SMILES string of the molecule is CN(C)c1ccc([C@H]2CC3(C)C(CC[C@@]3(O)/C=C\CO)C3CCC4=CC(=O)CCC4=C32)cc1. The predicted molar refractivity (Wildman–Crippen MR) is 132 cm³/mol. The van der Waals surface area contributed by atoms with Gasteiger partial charge in [0, 0.05) is 37.5 Å². The van der Waals surface area contributed by atoms with Crippen LogP contribution in [0.15, 0.2) is 59.2 Å². The van der Waals surface area contributed by atoms with Crippen molar-refractivity contribution in [2.45, 2.75) is 63.4 Å². The minimum absolute atomic E-state index is 0.0423. The van der Waals surface area contributed by atoms with Gasteiger partial charge < -0.3 is 15.1 Å². The molecule has 0 bridgehead atoms. The first-order chi connectivity index (χ1) is 15.8. The van der Waals surface area contributed by atoms with E-state index < -0.39 is 5.60 Å². The Kier molecular flexibility index (Phi) is 5.65. The molecule has 4 heteroatoms. The minimum Gasteiger partial charge on any atom is -0.392 e. The quantitative estimate of drug-likeness (QED) is 0.643. The third kappa shape index (κ3) is 3.54. The molecule has 0 heterocycles. The van der Waals surface area contributed by atoms with Crippen LogP contribution in [0.1, 0.15) is 63.4 Å². The molecule has 4 aliphatic rings. The summed E-state index contributed by atoms with van der Waals surface area (Å²) in [4.78, 5) is 14.3. The van der Waals surface area contributed by atoms with Gasteiger partial charge in [-0.1, -0.05) is 36.8 Å². The van der Waals surface area contributed by atoms with Crippen molar-refractivity contribution in [1.29, 1.82) is 0 Å². The molecule has 4 aliphatic carbocycles. The fourth-order valence-corrected chi connectivity index (χ4v) is 7.52. The molecule has 33 heavy (non-hydrogen) atoms. The van der Waals surface area contributed by atoms with Crippen molar-refractivity contribution < 1.29 is 15.0 Å². The molecule has 3 unspecified atom stereocenters. The van der Waals surface area contributed by atoms with E-state index in [2.05, 4.69) is 50.2 Å². The van der Waals surface area contributed by atoms with Crippen LogP contribution in [0.4, 0.5) is 5.69 Å². The summed E-state index contributed by atoms with van der Waals surface area (Å²) >= 11 is 0. The van der Waals surface area contributed by atoms with Crippen LogP contribution in [0.3, 0.4) is 0 Å². The highest BCUT2D eigenvalue weighted by molar-refractivity contribution is 5.93. The second kappa shape index (κ2) is 8.25. The fourth-order valence-electron chi connectivity index (χ4n) is 7.52. The number of hydrogen-bond donors (Lipinski definition) is 2. The van der Waals surface area contributed by atoms with E-state index >= 15 is 0 Å². The van der Waals surface area contributed by atoms with Crippen LogP contribution in [0.25, 0.3) is 0 Å². The molecule has 1 aromatic carbocycles. The number of carbonyl (C=O) groups is 1. The molecule has 5 rings (SSSR count). The lowest BCUT2D eigenvalue weighted by Gasteiger charge is -2.54. The van der Waals surface area contributed by atoms with E-state index in [9.17, 15) is 15.0 Å². The highest BCUT2D eigenvalue weighted by Crippen LogP contribution is 2.67. The second-order valence-corrected chi connectivity index (χ2v) is 11.0. The normalized spacial score (nSPS) is 35.8. The Hall–Kier alpha value is -2.17. The second-order valence-electron chi connectivity index (χ2n) is 11.0. The Balaban J connectivity index is 1.65. The summed E-state index contributed by atoms with van der Waals surface area (Å²) in [5, 5.41) is 21.3. The molecule has 2 saturated carbocycles. The van der Waals surface area contributed by atoms with E-state index in [1.54, 1.807) is 11.6 Å². The molecule has 176 valence electrons. The summed E-state index contributed by atoms with van der Waals surface area (Å²) in [7, 11) is 4.12. The molecule has 0 spiro atoms. The van der Waals surface area contributed by atoms with Crippen molar-refractivity contribution in [2.75, 3.05) is 25.6 Å². The molecule has 0 saturated heterocycles. The lowest BCUT2D eigenvalue weighted by molar-refractivity contribution is -0.114. The first-order valence-corrected chi connectivity index (χ1v) is 12.5. The summed E-state index contributed by atoms with van der Waals surface area (Å²) in [6.07, 6.45) is 11.7. The van der Waals surface area contributed by atoms with E-state index in [0.29, 0.717) is 18.3 Å². The number of hydrogen-bond acceptors (Lipinski definition) is 4. The van der Waals surface area contributed by atoms with Crippen molar-refractivity contribution in [3.8, 4) is 0 Å². The van der Waals surface area contributed by atoms with Gasteiger partial charge in [0.15, 0.2) is 5.78 Å². The van der Waals surface area contributed by atoms with Gasteiger partial charge in [-0.15, -0.1) is 0 Å². The summed E-state index contributed by atoms with van der Waals surface area (Å²) < 4.78 is 0. The summed E-state index contributed by atoms with van der Waals surface area (Å²) in [5.74, 6) is 1.38. The number of nitrogens with zero attached hydrogens (tertiary/aromatic N) is 1. The van der Waals surface area contributed by atoms with Gasteiger partial charge in [-0.2, -0.15) is 0 Å². The van der Waals surface area contributed by atoms with Crippen molar-refractivity contribution in [1.82, 2.24) is 0 Å². The molecule has 2 fully saturated rings. The van der Waals surface area contributed by atoms with Gasteiger partial charge in [-0.05, 0) is 85.3 Å².